The Kier molecular flexibility index (Phi) is 5.82. The summed E-state index contributed by atoms with van der Waals surface area (Å²) in [5, 5.41) is 3.11. The topological polar surface area (TPSA) is 44.8 Å². The molecule has 1 fully saturated rings. The molecule has 1 atom stereocenters. The van der Waals surface area contributed by atoms with Crippen LogP contribution in [-0.4, -0.2) is 47.1 Å². The summed E-state index contributed by atoms with van der Waals surface area (Å²) in [7, 11) is 0. The van der Waals surface area contributed by atoms with Gasteiger partial charge in [0, 0.05) is 37.8 Å². The zero-order valence-corrected chi connectivity index (χ0v) is 18.1. The molecule has 1 N–H and O–H groups in total. The molecular formula is C25H31N3O2. The van der Waals surface area contributed by atoms with Gasteiger partial charge in [0.15, 0.2) is 5.75 Å². The van der Waals surface area contributed by atoms with E-state index >= 15 is 0 Å². The lowest BCUT2D eigenvalue weighted by molar-refractivity contribution is 0.159. The predicted octanol–water partition coefficient (Wildman–Crippen LogP) is 5.00. The summed E-state index contributed by atoms with van der Waals surface area (Å²) in [5.74, 6) is 0.742. The van der Waals surface area contributed by atoms with Gasteiger partial charge in [0.05, 0.1) is 5.69 Å². The molecule has 1 saturated heterocycles. The van der Waals surface area contributed by atoms with Gasteiger partial charge in [0.1, 0.15) is 5.60 Å². The molecule has 5 heteroatoms. The van der Waals surface area contributed by atoms with Crippen LogP contribution in [0.5, 0.6) is 5.75 Å². The number of fused-ring (bicyclic) bond motifs is 1. The van der Waals surface area contributed by atoms with E-state index in [0.29, 0.717) is 6.54 Å². The number of amides is 2. The van der Waals surface area contributed by atoms with Gasteiger partial charge in [0.25, 0.3) is 0 Å². The SMILES string of the molecule is CC1CCN(Cc2ccccc2)CCN1C(=O)Nc1cccc2c1OC(C)(C)C=C2. The van der Waals surface area contributed by atoms with Crippen LogP contribution in [0.25, 0.3) is 6.08 Å². The van der Waals surface area contributed by atoms with Gasteiger partial charge in [-0.2, -0.15) is 0 Å². The van der Waals surface area contributed by atoms with Crippen molar-refractivity contribution in [2.75, 3.05) is 25.0 Å². The average Bonchev–Trinajstić information content (AvgIpc) is 2.90. The highest BCUT2D eigenvalue weighted by Gasteiger charge is 2.28. The molecule has 0 spiro atoms. The number of hydrogen-bond acceptors (Lipinski definition) is 3. The van der Waals surface area contributed by atoms with Crippen molar-refractivity contribution in [3.63, 3.8) is 0 Å². The molecule has 0 aliphatic carbocycles. The van der Waals surface area contributed by atoms with Gasteiger partial charge in [-0.1, -0.05) is 48.5 Å². The van der Waals surface area contributed by atoms with Gasteiger partial charge in [-0.15, -0.1) is 0 Å². The van der Waals surface area contributed by atoms with Crippen molar-refractivity contribution < 1.29 is 9.53 Å². The monoisotopic (exact) mass is 405 g/mol. The largest absolute Gasteiger partial charge is 0.481 e. The third kappa shape index (κ3) is 4.68. The highest BCUT2D eigenvalue weighted by molar-refractivity contribution is 5.92. The highest BCUT2D eigenvalue weighted by atomic mass is 16.5. The number of anilines is 1. The van der Waals surface area contributed by atoms with Gasteiger partial charge >= 0.3 is 6.03 Å². The first-order chi connectivity index (χ1) is 14.4. The zero-order chi connectivity index (χ0) is 21.1. The second kappa shape index (κ2) is 8.52. The van der Waals surface area contributed by atoms with E-state index in [1.165, 1.54) is 5.56 Å². The molecule has 2 aromatic carbocycles. The average molecular weight is 406 g/mol. The minimum absolute atomic E-state index is 0.0616. The Morgan fingerprint density at radius 2 is 1.90 bits per heavy atom. The van der Waals surface area contributed by atoms with Crippen molar-refractivity contribution in [3.8, 4) is 5.75 Å². The number of para-hydroxylation sites is 1. The molecule has 158 valence electrons. The first-order valence-electron chi connectivity index (χ1n) is 10.8. The minimum atomic E-state index is -0.387. The first kappa shape index (κ1) is 20.5. The molecular weight excluding hydrogens is 374 g/mol. The van der Waals surface area contributed by atoms with Crippen molar-refractivity contribution in [1.29, 1.82) is 0 Å². The number of urea groups is 1. The Bertz CT molecular complexity index is 923. The Balaban J connectivity index is 1.43. The number of hydrogen-bond donors (Lipinski definition) is 1. The lowest BCUT2D eigenvalue weighted by atomic mass is 10.0. The van der Waals surface area contributed by atoms with Crippen LogP contribution in [-0.2, 0) is 6.54 Å². The van der Waals surface area contributed by atoms with E-state index in [4.69, 9.17) is 4.74 Å². The molecule has 0 bridgehead atoms. The quantitative estimate of drug-likeness (QED) is 0.782. The van der Waals surface area contributed by atoms with Crippen LogP contribution < -0.4 is 10.1 Å². The number of carbonyl (C=O) groups excluding carboxylic acids is 1. The number of rotatable bonds is 3. The van der Waals surface area contributed by atoms with Crippen LogP contribution in [0.4, 0.5) is 10.5 Å². The van der Waals surface area contributed by atoms with Gasteiger partial charge < -0.3 is 15.0 Å². The summed E-state index contributed by atoms with van der Waals surface area (Å²) in [6, 6.07) is 16.5. The van der Waals surface area contributed by atoms with Crippen LogP contribution in [0.2, 0.25) is 0 Å². The number of nitrogens with zero attached hydrogens (tertiary/aromatic N) is 2. The Morgan fingerprint density at radius 3 is 2.70 bits per heavy atom. The molecule has 0 aromatic heterocycles. The molecule has 2 aliphatic rings. The second-order valence-electron chi connectivity index (χ2n) is 8.79. The minimum Gasteiger partial charge on any atom is -0.481 e. The molecule has 0 radical (unpaired) electrons. The fraction of sp³-hybridized carbons (Fsp3) is 0.400. The maximum atomic E-state index is 13.2. The first-order valence-corrected chi connectivity index (χ1v) is 10.8. The van der Waals surface area contributed by atoms with Crippen LogP contribution in [0.15, 0.2) is 54.6 Å². The van der Waals surface area contributed by atoms with Crippen LogP contribution >= 0.6 is 0 Å². The number of nitrogens with one attached hydrogen (secondary N) is 1. The highest BCUT2D eigenvalue weighted by Crippen LogP contribution is 2.37. The normalized spacial score (nSPS) is 20.8. The van der Waals surface area contributed by atoms with E-state index in [-0.39, 0.29) is 17.7 Å². The molecule has 2 aromatic rings. The fourth-order valence-corrected chi connectivity index (χ4v) is 4.08. The third-order valence-electron chi connectivity index (χ3n) is 5.88. The van der Waals surface area contributed by atoms with E-state index in [1.54, 1.807) is 0 Å². The summed E-state index contributed by atoms with van der Waals surface area (Å²) < 4.78 is 6.15. The molecule has 2 amide bonds. The van der Waals surface area contributed by atoms with Gasteiger partial charge in [-0.3, -0.25) is 4.90 Å². The maximum absolute atomic E-state index is 13.2. The molecule has 5 nitrogen and oxygen atoms in total. The van der Waals surface area contributed by atoms with Crippen molar-refractivity contribution in [2.45, 2.75) is 45.4 Å². The van der Waals surface area contributed by atoms with E-state index in [0.717, 1.165) is 43.1 Å². The van der Waals surface area contributed by atoms with Crippen LogP contribution in [0, 0.1) is 0 Å². The maximum Gasteiger partial charge on any atom is 0.322 e. The van der Waals surface area contributed by atoms with Gasteiger partial charge in [-0.25, -0.2) is 4.79 Å². The molecule has 2 aliphatic heterocycles. The van der Waals surface area contributed by atoms with Gasteiger partial charge in [-0.05, 0) is 44.9 Å². The summed E-state index contributed by atoms with van der Waals surface area (Å²) in [5.41, 5.74) is 2.64. The van der Waals surface area contributed by atoms with Crippen molar-refractivity contribution in [2.24, 2.45) is 0 Å². The summed E-state index contributed by atoms with van der Waals surface area (Å²) in [6.45, 7) is 9.65. The second-order valence-corrected chi connectivity index (χ2v) is 8.79. The molecule has 4 rings (SSSR count). The Hall–Kier alpha value is -2.79. The van der Waals surface area contributed by atoms with E-state index in [9.17, 15) is 4.79 Å². The van der Waals surface area contributed by atoms with E-state index < -0.39 is 0 Å². The molecule has 1 unspecified atom stereocenters. The third-order valence-corrected chi connectivity index (χ3v) is 5.88. The number of ether oxygens (including phenoxy) is 1. The Morgan fingerprint density at radius 1 is 1.10 bits per heavy atom. The predicted molar refractivity (Wildman–Crippen MR) is 122 cm³/mol. The van der Waals surface area contributed by atoms with Crippen molar-refractivity contribution >= 4 is 17.8 Å². The zero-order valence-electron chi connectivity index (χ0n) is 18.1. The molecule has 2 heterocycles. The smallest absolute Gasteiger partial charge is 0.322 e. The van der Waals surface area contributed by atoms with Crippen LogP contribution in [0.1, 0.15) is 38.3 Å². The van der Waals surface area contributed by atoms with Crippen molar-refractivity contribution in [1.82, 2.24) is 9.80 Å². The molecule has 30 heavy (non-hydrogen) atoms. The summed E-state index contributed by atoms with van der Waals surface area (Å²) in [6.07, 6.45) is 5.06. The number of benzene rings is 2. The Labute approximate surface area is 179 Å². The van der Waals surface area contributed by atoms with E-state index in [2.05, 4.69) is 47.5 Å². The van der Waals surface area contributed by atoms with E-state index in [1.807, 2.05) is 49.1 Å². The summed E-state index contributed by atoms with van der Waals surface area (Å²) >= 11 is 0. The summed E-state index contributed by atoms with van der Waals surface area (Å²) in [4.78, 5) is 17.5. The lowest BCUT2D eigenvalue weighted by Crippen LogP contribution is -2.42. The molecule has 0 saturated carbocycles. The van der Waals surface area contributed by atoms with Crippen molar-refractivity contribution in [3.05, 3.63) is 65.7 Å². The fourth-order valence-electron chi connectivity index (χ4n) is 4.08. The van der Waals surface area contributed by atoms with Crippen LogP contribution in [0.3, 0.4) is 0 Å². The number of carbonyl (C=O) groups is 1. The lowest BCUT2D eigenvalue weighted by Gasteiger charge is -2.31. The standard InChI is InChI=1S/C25H31N3O2/c1-19-13-15-27(18-20-8-5-4-6-9-20)16-17-28(19)24(29)26-22-11-7-10-21-12-14-25(2,3)30-23(21)22/h4-12,14,19H,13,15-18H2,1-3H3,(H,26,29). The van der Waals surface area contributed by atoms with Gasteiger partial charge in [0.2, 0.25) is 0 Å².